The minimum absolute atomic E-state index is 0.0131. The number of hydrogen-bond donors (Lipinski definition) is 2. The number of rotatable bonds is 6. The molecule has 1 saturated heterocycles. The number of nitrogens with one attached hydrogen (secondary N) is 1. The quantitative estimate of drug-likeness (QED) is 0.428. The molecule has 2 aromatic rings. The Morgan fingerprint density at radius 1 is 1.17 bits per heavy atom. The van der Waals surface area contributed by atoms with E-state index in [1.807, 2.05) is 24.5 Å². The predicted octanol–water partition coefficient (Wildman–Crippen LogP) is 2.25. The van der Waals surface area contributed by atoms with Crippen LogP contribution in [0.15, 0.2) is 36.0 Å². The molecule has 0 unspecified atom stereocenters. The van der Waals surface area contributed by atoms with E-state index in [0.717, 1.165) is 17.1 Å². The molecule has 1 aromatic heterocycles. The number of ether oxygens (including phenoxy) is 1. The lowest BCUT2D eigenvalue weighted by atomic mass is 10.2. The van der Waals surface area contributed by atoms with Gasteiger partial charge in [-0.25, -0.2) is 14.5 Å². The van der Waals surface area contributed by atoms with E-state index in [1.165, 1.54) is 6.08 Å². The second kappa shape index (κ2) is 8.24. The molecule has 0 bridgehead atoms. The number of benzene rings is 1. The number of carbonyl (C=O) groups excluding carboxylic acids is 3. The SMILES string of the molecule is CCOC(=O)c1ccc(-n2c(C)cc(/C=C3/NC(=O)N(CC(=O)O)C3=O)c2C)cc1. The maximum absolute atomic E-state index is 12.3. The molecule has 156 valence electrons. The minimum atomic E-state index is -1.27. The monoisotopic (exact) mass is 411 g/mol. The standard InChI is InChI=1S/C21H21N3O6/c1-4-30-20(28)14-5-7-16(8-6-14)24-12(2)9-15(13(24)3)10-17-19(27)23(11-18(25)26)21(29)22-17/h5-10H,4,11H2,1-3H3,(H,22,29)(H,25,26)/b17-10+. The van der Waals surface area contributed by atoms with E-state index in [1.54, 1.807) is 31.2 Å². The average Bonchev–Trinajstić information content (AvgIpc) is 3.11. The third kappa shape index (κ3) is 3.95. The Hall–Kier alpha value is -3.88. The van der Waals surface area contributed by atoms with Gasteiger partial charge >= 0.3 is 18.0 Å². The molecule has 1 fully saturated rings. The van der Waals surface area contributed by atoms with Crippen molar-refractivity contribution in [3.63, 3.8) is 0 Å². The van der Waals surface area contributed by atoms with Gasteiger partial charge in [0.05, 0.1) is 12.2 Å². The number of esters is 1. The highest BCUT2D eigenvalue weighted by atomic mass is 16.5. The molecular weight excluding hydrogens is 390 g/mol. The van der Waals surface area contributed by atoms with E-state index in [-0.39, 0.29) is 5.70 Å². The lowest BCUT2D eigenvalue weighted by Gasteiger charge is -2.10. The minimum Gasteiger partial charge on any atom is -0.480 e. The van der Waals surface area contributed by atoms with Crippen LogP contribution in [0.4, 0.5) is 4.79 Å². The van der Waals surface area contributed by atoms with Crippen LogP contribution in [0, 0.1) is 13.8 Å². The molecule has 3 amide bonds. The molecule has 1 aromatic carbocycles. The summed E-state index contributed by atoms with van der Waals surface area (Å²) in [6, 6.07) is 8.02. The van der Waals surface area contributed by atoms with E-state index in [9.17, 15) is 19.2 Å². The lowest BCUT2D eigenvalue weighted by molar-refractivity contribution is -0.140. The number of amides is 3. The van der Waals surface area contributed by atoms with E-state index in [0.29, 0.717) is 22.6 Å². The molecule has 9 nitrogen and oxygen atoms in total. The van der Waals surface area contributed by atoms with Crippen LogP contribution in [0.2, 0.25) is 0 Å². The van der Waals surface area contributed by atoms with Crippen LogP contribution in [0.1, 0.15) is 34.2 Å². The first-order valence-corrected chi connectivity index (χ1v) is 9.25. The topological polar surface area (TPSA) is 118 Å². The molecule has 9 heteroatoms. The van der Waals surface area contributed by atoms with Gasteiger partial charge in [0, 0.05) is 17.1 Å². The highest BCUT2D eigenvalue weighted by molar-refractivity contribution is 6.15. The second-order valence-electron chi connectivity index (χ2n) is 6.70. The summed E-state index contributed by atoms with van der Waals surface area (Å²) in [5.74, 6) is -2.35. The number of carboxylic acid groups (broad SMARTS) is 1. The number of aryl methyl sites for hydroxylation is 1. The Labute approximate surface area is 172 Å². The number of aromatic nitrogens is 1. The van der Waals surface area contributed by atoms with Gasteiger partial charge in [0.25, 0.3) is 5.91 Å². The summed E-state index contributed by atoms with van der Waals surface area (Å²) < 4.78 is 6.93. The molecule has 30 heavy (non-hydrogen) atoms. The summed E-state index contributed by atoms with van der Waals surface area (Å²) in [6.07, 6.45) is 1.52. The molecule has 0 spiro atoms. The van der Waals surface area contributed by atoms with Crippen molar-refractivity contribution in [2.75, 3.05) is 13.2 Å². The smallest absolute Gasteiger partial charge is 0.338 e. The molecule has 0 atom stereocenters. The zero-order chi connectivity index (χ0) is 22.0. The van der Waals surface area contributed by atoms with Crippen LogP contribution in [0.3, 0.4) is 0 Å². The number of hydrogen-bond acceptors (Lipinski definition) is 5. The molecule has 0 saturated carbocycles. The number of imide groups is 1. The molecule has 0 aliphatic carbocycles. The average molecular weight is 411 g/mol. The maximum atomic E-state index is 12.3. The van der Waals surface area contributed by atoms with Crippen molar-refractivity contribution in [2.24, 2.45) is 0 Å². The summed E-state index contributed by atoms with van der Waals surface area (Å²) in [5, 5.41) is 11.3. The fraction of sp³-hybridized carbons (Fsp3) is 0.238. The zero-order valence-electron chi connectivity index (χ0n) is 16.8. The van der Waals surface area contributed by atoms with Gasteiger partial charge in [0.1, 0.15) is 12.2 Å². The third-order valence-corrected chi connectivity index (χ3v) is 4.66. The van der Waals surface area contributed by atoms with Crippen LogP contribution in [0.5, 0.6) is 0 Å². The number of carbonyl (C=O) groups is 4. The Morgan fingerprint density at radius 3 is 2.43 bits per heavy atom. The number of aliphatic carboxylic acids is 1. The summed E-state index contributed by atoms with van der Waals surface area (Å²) >= 11 is 0. The van der Waals surface area contributed by atoms with Crippen LogP contribution < -0.4 is 5.32 Å². The Morgan fingerprint density at radius 2 is 1.83 bits per heavy atom. The van der Waals surface area contributed by atoms with Crippen molar-refractivity contribution in [1.82, 2.24) is 14.8 Å². The van der Waals surface area contributed by atoms with Crippen molar-refractivity contribution < 1.29 is 29.0 Å². The molecule has 2 N–H and O–H groups in total. The van der Waals surface area contributed by atoms with Gasteiger partial charge in [-0.15, -0.1) is 0 Å². The zero-order valence-corrected chi connectivity index (χ0v) is 16.8. The van der Waals surface area contributed by atoms with Crippen molar-refractivity contribution in [2.45, 2.75) is 20.8 Å². The van der Waals surface area contributed by atoms with E-state index in [2.05, 4.69) is 5.32 Å². The predicted molar refractivity (Wildman–Crippen MR) is 107 cm³/mol. The van der Waals surface area contributed by atoms with Crippen molar-refractivity contribution >= 4 is 30.0 Å². The fourth-order valence-electron chi connectivity index (χ4n) is 3.30. The molecule has 3 rings (SSSR count). The van der Waals surface area contributed by atoms with E-state index in [4.69, 9.17) is 9.84 Å². The largest absolute Gasteiger partial charge is 0.480 e. The molecule has 2 heterocycles. The summed E-state index contributed by atoms with van der Waals surface area (Å²) in [4.78, 5) is 47.5. The van der Waals surface area contributed by atoms with Gasteiger partial charge in [-0.05, 0) is 62.7 Å². The Bertz CT molecular complexity index is 1070. The summed E-state index contributed by atoms with van der Waals surface area (Å²) in [7, 11) is 0. The number of urea groups is 1. The van der Waals surface area contributed by atoms with E-state index < -0.39 is 30.4 Å². The van der Waals surface area contributed by atoms with Crippen molar-refractivity contribution in [1.29, 1.82) is 0 Å². The van der Waals surface area contributed by atoms with Crippen LogP contribution in [-0.4, -0.2) is 51.6 Å². The van der Waals surface area contributed by atoms with Gasteiger partial charge in [0.15, 0.2) is 0 Å². The Balaban J connectivity index is 1.90. The maximum Gasteiger partial charge on any atom is 0.338 e. The van der Waals surface area contributed by atoms with Crippen LogP contribution in [0.25, 0.3) is 11.8 Å². The molecular formula is C21H21N3O6. The van der Waals surface area contributed by atoms with Gasteiger partial charge < -0.3 is 19.7 Å². The lowest BCUT2D eigenvalue weighted by Crippen LogP contribution is -2.35. The Kier molecular flexibility index (Phi) is 5.72. The first-order chi connectivity index (χ1) is 14.2. The first kappa shape index (κ1) is 20.8. The van der Waals surface area contributed by atoms with Gasteiger partial charge in [0.2, 0.25) is 0 Å². The van der Waals surface area contributed by atoms with E-state index >= 15 is 0 Å². The third-order valence-electron chi connectivity index (χ3n) is 4.66. The highest BCUT2D eigenvalue weighted by Crippen LogP contribution is 2.24. The molecule has 1 aliphatic rings. The van der Waals surface area contributed by atoms with Crippen molar-refractivity contribution in [3.05, 3.63) is 58.5 Å². The van der Waals surface area contributed by atoms with Gasteiger partial charge in [-0.1, -0.05) is 0 Å². The van der Waals surface area contributed by atoms with Crippen LogP contribution in [-0.2, 0) is 14.3 Å². The molecule has 1 aliphatic heterocycles. The summed E-state index contributed by atoms with van der Waals surface area (Å²) in [5.41, 5.74) is 3.66. The molecule has 0 radical (unpaired) electrons. The highest BCUT2D eigenvalue weighted by Gasteiger charge is 2.35. The van der Waals surface area contributed by atoms with Gasteiger partial charge in [-0.3, -0.25) is 9.59 Å². The number of nitrogens with zero attached hydrogens (tertiary/aromatic N) is 2. The van der Waals surface area contributed by atoms with Gasteiger partial charge in [-0.2, -0.15) is 0 Å². The van der Waals surface area contributed by atoms with Crippen molar-refractivity contribution in [3.8, 4) is 5.69 Å². The van der Waals surface area contributed by atoms with Crippen LogP contribution >= 0.6 is 0 Å². The normalized spacial score (nSPS) is 14.9. The first-order valence-electron chi connectivity index (χ1n) is 9.25. The number of carboxylic acids is 1. The summed E-state index contributed by atoms with van der Waals surface area (Å²) in [6.45, 7) is 5.09. The fourth-order valence-corrected chi connectivity index (χ4v) is 3.30. The second-order valence-corrected chi connectivity index (χ2v) is 6.70.